The van der Waals surface area contributed by atoms with Crippen LogP contribution >= 0.6 is 0 Å². The summed E-state index contributed by atoms with van der Waals surface area (Å²) in [6.07, 6.45) is 80.8. The first-order valence-corrected chi connectivity index (χ1v) is 30.8. The van der Waals surface area contributed by atoms with Gasteiger partial charge in [-0.2, -0.15) is 0 Å². The van der Waals surface area contributed by atoms with Crippen LogP contribution in [0.2, 0.25) is 0 Å². The van der Waals surface area contributed by atoms with E-state index in [0.717, 1.165) is 122 Å². The number of allylic oxidation sites excluding steroid dienone is 22. The van der Waals surface area contributed by atoms with Gasteiger partial charge in [0.1, 0.15) is 13.2 Å². The number of esters is 2. The molecule has 0 bridgehead atoms. The summed E-state index contributed by atoms with van der Waals surface area (Å²) in [5.41, 5.74) is 0. The molecule has 0 heterocycles. The predicted octanol–water partition coefficient (Wildman–Crippen LogP) is 17.3. The van der Waals surface area contributed by atoms with Crippen LogP contribution in [0.1, 0.15) is 226 Å². The Labute approximate surface area is 478 Å². The van der Waals surface area contributed by atoms with Gasteiger partial charge < -0.3 is 33.3 Å². The Morgan fingerprint density at radius 1 is 0.397 bits per heavy atom. The highest BCUT2D eigenvalue weighted by molar-refractivity contribution is 5.70. The van der Waals surface area contributed by atoms with Gasteiger partial charge >= 0.3 is 11.9 Å². The number of hydrogen-bond donors (Lipinski definition) is 0. The Morgan fingerprint density at radius 2 is 0.731 bits per heavy atom. The van der Waals surface area contributed by atoms with Crippen molar-refractivity contribution in [2.75, 3.05) is 47.5 Å². The largest absolute Gasteiger partial charge is 0.545 e. The molecule has 9 heteroatoms. The molecule has 0 rings (SSSR count). The molecule has 0 aromatic heterocycles. The first kappa shape index (κ1) is 73.4. The van der Waals surface area contributed by atoms with Gasteiger partial charge in [-0.15, -0.1) is 0 Å². The van der Waals surface area contributed by atoms with E-state index < -0.39 is 24.3 Å². The Balaban J connectivity index is 4.31. The molecule has 78 heavy (non-hydrogen) atoms. The van der Waals surface area contributed by atoms with Crippen LogP contribution in [0.25, 0.3) is 0 Å². The first-order chi connectivity index (χ1) is 38.1. The lowest BCUT2D eigenvalue weighted by Crippen LogP contribution is -2.44. The molecule has 2 unspecified atom stereocenters. The molecular weight excluding hydrogens is 971 g/mol. The number of unbranched alkanes of at least 4 members (excludes halogenated alkanes) is 18. The molecule has 0 aromatic carbocycles. The molecule has 442 valence electrons. The molecule has 0 amide bonds. The lowest BCUT2D eigenvalue weighted by molar-refractivity contribution is -0.870. The molecule has 0 aliphatic heterocycles. The fraction of sp³-hybridized carbons (Fsp3) is 0.638. The zero-order valence-electron chi connectivity index (χ0n) is 50.2. The topological polar surface area (TPSA) is 111 Å². The summed E-state index contributed by atoms with van der Waals surface area (Å²) in [5.74, 6) is -2.34. The van der Waals surface area contributed by atoms with Crippen molar-refractivity contribution in [2.24, 2.45) is 0 Å². The summed E-state index contributed by atoms with van der Waals surface area (Å²) in [4.78, 5) is 37.3. The number of quaternary nitrogens is 1. The van der Waals surface area contributed by atoms with Gasteiger partial charge in [0.2, 0.25) is 0 Å². The average Bonchev–Trinajstić information content (AvgIpc) is 3.41. The molecule has 2 atom stereocenters. The predicted molar refractivity (Wildman–Crippen MR) is 329 cm³/mol. The van der Waals surface area contributed by atoms with E-state index in [4.69, 9.17) is 18.9 Å². The van der Waals surface area contributed by atoms with Crippen molar-refractivity contribution in [2.45, 2.75) is 238 Å². The number of carboxylic acid groups (broad SMARTS) is 1. The van der Waals surface area contributed by atoms with Gasteiger partial charge in [0.05, 0.1) is 40.3 Å². The first-order valence-electron chi connectivity index (χ1n) is 30.8. The number of carbonyl (C=O) groups excluding carboxylic acids is 3. The highest BCUT2D eigenvalue weighted by atomic mass is 16.7. The quantitative estimate of drug-likeness (QED) is 0.0195. The van der Waals surface area contributed by atoms with Gasteiger partial charge in [-0.3, -0.25) is 9.59 Å². The molecule has 0 saturated carbocycles. The molecule has 9 nitrogen and oxygen atoms in total. The van der Waals surface area contributed by atoms with E-state index in [-0.39, 0.29) is 38.6 Å². The molecule has 0 aliphatic carbocycles. The molecule has 0 N–H and O–H groups in total. The summed E-state index contributed by atoms with van der Waals surface area (Å²) in [6, 6.07) is 0. The number of carboxylic acids is 1. The van der Waals surface area contributed by atoms with Gasteiger partial charge in [0.25, 0.3) is 0 Å². The Kier molecular flexibility index (Phi) is 55.1. The van der Waals surface area contributed by atoms with Crippen LogP contribution in [0.3, 0.4) is 0 Å². The van der Waals surface area contributed by atoms with Crippen LogP contribution in [0.4, 0.5) is 0 Å². The monoisotopic (exact) mass is 1080 g/mol. The van der Waals surface area contributed by atoms with Gasteiger partial charge in [-0.25, -0.2) is 0 Å². The Hall–Kier alpha value is -4.57. The molecule has 0 radical (unpaired) electrons. The molecule has 0 aliphatic rings. The second-order valence-electron chi connectivity index (χ2n) is 21.3. The van der Waals surface area contributed by atoms with Crippen molar-refractivity contribution < 1.29 is 42.9 Å². The second kappa shape index (κ2) is 58.6. The van der Waals surface area contributed by atoms with Gasteiger partial charge in [-0.05, 0) is 116 Å². The minimum absolute atomic E-state index is 0.135. The van der Waals surface area contributed by atoms with Crippen molar-refractivity contribution in [1.29, 1.82) is 0 Å². The van der Waals surface area contributed by atoms with Crippen molar-refractivity contribution in [3.63, 3.8) is 0 Å². The molecular formula is C69H113NO8. The lowest BCUT2D eigenvalue weighted by atomic mass is 10.1. The highest BCUT2D eigenvalue weighted by Gasteiger charge is 2.22. The number of likely N-dealkylation sites (N-methyl/N-ethyl adjacent to an activating group) is 1. The van der Waals surface area contributed by atoms with E-state index in [1.54, 1.807) is 0 Å². The highest BCUT2D eigenvalue weighted by Crippen LogP contribution is 2.14. The number of nitrogens with zero attached hydrogens (tertiary/aromatic N) is 1. The smallest absolute Gasteiger partial charge is 0.306 e. The van der Waals surface area contributed by atoms with Gasteiger partial charge in [-0.1, -0.05) is 231 Å². The summed E-state index contributed by atoms with van der Waals surface area (Å²) in [7, 11) is 5.90. The van der Waals surface area contributed by atoms with E-state index in [1.165, 1.54) is 70.6 Å². The maximum Gasteiger partial charge on any atom is 0.306 e. The fourth-order valence-corrected chi connectivity index (χ4v) is 7.91. The maximum absolute atomic E-state index is 12.9. The van der Waals surface area contributed by atoms with E-state index in [0.29, 0.717) is 17.4 Å². The van der Waals surface area contributed by atoms with Crippen LogP contribution in [-0.4, -0.2) is 82.3 Å². The number of hydrogen-bond acceptors (Lipinski definition) is 8. The number of rotatable bonds is 55. The molecule has 0 aromatic rings. The summed E-state index contributed by atoms with van der Waals surface area (Å²) >= 11 is 0. The van der Waals surface area contributed by atoms with Crippen LogP contribution in [0.15, 0.2) is 134 Å². The number of ether oxygens (including phenoxy) is 4. The third-order valence-corrected chi connectivity index (χ3v) is 12.6. The average molecular weight is 1080 g/mol. The van der Waals surface area contributed by atoms with Crippen LogP contribution in [-0.2, 0) is 33.3 Å². The summed E-state index contributed by atoms with van der Waals surface area (Å²) < 4.78 is 22.7. The summed E-state index contributed by atoms with van der Waals surface area (Å²) in [5, 5.41) is 11.8. The normalized spacial score (nSPS) is 13.7. The van der Waals surface area contributed by atoms with Crippen molar-refractivity contribution in [3.05, 3.63) is 134 Å². The Morgan fingerprint density at radius 3 is 1.10 bits per heavy atom. The second-order valence-corrected chi connectivity index (χ2v) is 21.3. The van der Waals surface area contributed by atoms with E-state index in [9.17, 15) is 19.5 Å². The fourth-order valence-electron chi connectivity index (χ4n) is 7.91. The van der Waals surface area contributed by atoms with Crippen LogP contribution < -0.4 is 5.11 Å². The standard InChI is InChI=1S/C69H113NO8/c1-6-8-10-12-14-16-18-20-22-24-26-27-28-29-30-31-32-33-34-35-36-37-38-39-40-41-42-44-46-48-50-52-54-56-58-60-67(72)78-65(64-77-69(68(73)74)75-62-61-70(3,4)5)63-76-66(71)59-57-55-53-51-49-47-45-43-25-23-21-19-17-15-13-11-9-7-2/h8,10,14,16,20,22-23,25-27,29-30,32-33,35-36,38-39,41-42,46,48,65,69H,6-7,9,11-13,15,17-19,21,24,28,31,34,37,40,43-45,47,49-64H2,1-5H3/b10-8-,16-14-,22-20-,25-23-,27-26-,30-29-,33-32-,36-35-,39-38-,42-41-,48-46-. The minimum Gasteiger partial charge on any atom is -0.545 e. The van der Waals surface area contributed by atoms with E-state index in [2.05, 4.69) is 148 Å². The third-order valence-electron chi connectivity index (χ3n) is 12.6. The number of aliphatic carboxylic acids is 1. The zero-order valence-corrected chi connectivity index (χ0v) is 50.2. The maximum atomic E-state index is 12.9. The minimum atomic E-state index is -1.64. The van der Waals surface area contributed by atoms with E-state index in [1.807, 2.05) is 21.1 Å². The van der Waals surface area contributed by atoms with Crippen molar-refractivity contribution in [1.82, 2.24) is 0 Å². The molecule has 0 fully saturated rings. The third kappa shape index (κ3) is 59.1. The molecule has 0 saturated heterocycles. The van der Waals surface area contributed by atoms with Crippen molar-refractivity contribution >= 4 is 17.9 Å². The summed E-state index contributed by atoms with van der Waals surface area (Å²) in [6.45, 7) is 4.58. The Bertz CT molecular complexity index is 1740. The zero-order chi connectivity index (χ0) is 56.9. The van der Waals surface area contributed by atoms with Gasteiger partial charge in [0.15, 0.2) is 12.4 Å². The van der Waals surface area contributed by atoms with Gasteiger partial charge in [0, 0.05) is 12.8 Å². The van der Waals surface area contributed by atoms with Crippen LogP contribution in [0.5, 0.6) is 0 Å². The lowest BCUT2D eigenvalue weighted by Gasteiger charge is -2.26. The number of carbonyl (C=O) groups is 3. The van der Waals surface area contributed by atoms with Crippen molar-refractivity contribution in [3.8, 4) is 0 Å². The SMILES string of the molecule is CC/C=C\C/C=C\C/C=C\C/C=C\C/C=C\C/C=C\C/C=C\C/C=C\C/C=C\C/C=C\CCCCCCC(=O)OC(COC(=O)CCCCCCCCC/C=C\CCCCCCCCC)COC(OCC[N+](C)(C)C)C(=O)[O-]. The van der Waals surface area contributed by atoms with Crippen LogP contribution in [0, 0.1) is 0 Å². The van der Waals surface area contributed by atoms with E-state index >= 15 is 0 Å². The molecule has 0 spiro atoms.